The highest BCUT2D eigenvalue weighted by molar-refractivity contribution is 6.35. The molecule has 5 heteroatoms. The van der Waals surface area contributed by atoms with Crippen LogP contribution in [-0.2, 0) is 19.2 Å². The van der Waals surface area contributed by atoms with Crippen molar-refractivity contribution in [2.24, 2.45) is 17.8 Å². The summed E-state index contributed by atoms with van der Waals surface area (Å²) in [5, 5.41) is 10.8. The summed E-state index contributed by atoms with van der Waals surface area (Å²) in [6, 6.07) is 0. The summed E-state index contributed by atoms with van der Waals surface area (Å²) in [5.41, 5.74) is -1.39. The van der Waals surface area contributed by atoms with Gasteiger partial charge in [0.25, 0.3) is 0 Å². The topological polar surface area (TPSA) is 88.5 Å². The highest BCUT2D eigenvalue weighted by Crippen LogP contribution is 2.34. The molecule has 0 aromatic rings. The molecule has 1 aliphatic rings. The molecule has 0 spiro atoms. The van der Waals surface area contributed by atoms with E-state index in [9.17, 15) is 24.3 Å². The van der Waals surface area contributed by atoms with Gasteiger partial charge in [0.05, 0.1) is 5.92 Å². The third-order valence-electron chi connectivity index (χ3n) is 4.36. The molecule has 0 aromatic heterocycles. The smallest absolute Gasteiger partial charge is 0.190 e. The fraction of sp³-hybridized carbons (Fsp3) is 0.600. The van der Waals surface area contributed by atoms with Crippen LogP contribution in [0.2, 0.25) is 0 Å². The number of ketones is 4. The molecule has 5 nitrogen and oxygen atoms in total. The van der Waals surface area contributed by atoms with Crippen molar-refractivity contribution in [3.05, 3.63) is 23.8 Å². The van der Waals surface area contributed by atoms with Crippen LogP contribution in [0.25, 0.3) is 0 Å². The third-order valence-corrected chi connectivity index (χ3v) is 4.36. The molecule has 138 valence electrons. The molecule has 1 aliphatic carbocycles. The van der Waals surface area contributed by atoms with Gasteiger partial charge in [-0.2, -0.15) is 0 Å². The van der Waals surface area contributed by atoms with E-state index in [0.29, 0.717) is 0 Å². The van der Waals surface area contributed by atoms with Crippen LogP contribution in [0.4, 0.5) is 0 Å². The molecular formula is C20H28O5. The van der Waals surface area contributed by atoms with E-state index < -0.39 is 40.6 Å². The molecule has 3 unspecified atom stereocenters. The highest BCUT2D eigenvalue weighted by atomic mass is 16.3. The van der Waals surface area contributed by atoms with Gasteiger partial charge in [0.2, 0.25) is 0 Å². The first-order chi connectivity index (χ1) is 11.6. The Labute approximate surface area is 149 Å². The Balaban J connectivity index is 3.34. The van der Waals surface area contributed by atoms with Crippen LogP contribution in [0.3, 0.4) is 0 Å². The van der Waals surface area contributed by atoms with Gasteiger partial charge in [0.1, 0.15) is 5.92 Å². The van der Waals surface area contributed by atoms with Gasteiger partial charge < -0.3 is 5.11 Å². The van der Waals surface area contributed by atoms with Crippen LogP contribution >= 0.6 is 0 Å². The van der Waals surface area contributed by atoms with Crippen LogP contribution in [0, 0.1) is 17.8 Å². The van der Waals surface area contributed by atoms with Gasteiger partial charge in [-0.05, 0) is 33.1 Å². The second kappa shape index (κ2) is 8.48. The van der Waals surface area contributed by atoms with E-state index >= 15 is 0 Å². The van der Waals surface area contributed by atoms with Crippen LogP contribution in [0.1, 0.15) is 53.9 Å². The minimum Gasteiger partial charge on any atom is -0.374 e. The van der Waals surface area contributed by atoms with Crippen molar-refractivity contribution < 1.29 is 24.3 Å². The number of carbonyl (C=O) groups is 4. The van der Waals surface area contributed by atoms with Gasteiger partial charge in [0.15, 0.2) is 28.7 Å². The number of carbonyl (C=O) groups excluding carboxylic acids is 4. The van der Waals surface area contributed by atoms with E-state index in [2.05, 4.69) is 0 Å². The van der Waals surface area contributed by atoms with Gasteiger partial charge in [0, 0.05) is 12.8 Å². The normalized spacial score (nSPS) is 27.2. The van der Waals surface area contributed by atoms with Crippen molar-refractivity contribution in [3.8, 4) is 0 Å². The first-order valence-electron chi connectivity index (χ1n) is 8.68. The zero-order valence-electron chi connectivity index (χ0n) is 15.7. The van der Waals surface area contributed by atoms with E-state index in [1.54, 1.807) is 19.1 Å². The molecule has 1 N–H and O–H groups in total. The van der Waals surface area contributed by atoms with Gasteiger partial charge in [-0.1, -0.05) is 37.6 Å². The lowest BCUT2D eigenvalue weighted by atomic mass is 9.65. The first kappa shape index (κ1) is 21.2. The second-order valence-corrected chi connectivity index (χ2v) is 7.33. The van der Waals surface area contributed by atoms with E-state index in [0.717, 1.165) is 5.57 Å². The number of aliphatic hydroxyl groups is 1. The second-order valence-electron chi connectivity index (χ2n) is 7.33. The number of hydrogen-bond acceptors (Lipinski definition) is 5. The summed E-state index contributed by atoms with van der Waals surface area (Å²) in [7, 11) is 0. The lowest BCUT2D eigenvalue weighted by Gasteiger charge is -2.36. The lowest BCUT2D eigenvalue weighted by Crippen LogP contribution is -2.62. The third kappa shape index (κ3) is 4.60. The van der Waals surface area contributed by atoms with Crippen molar-refractivity contribution in [2.45, 2.75) is 59.5 Å². The van der Waals surface area contributed by atoms with Crippen LogP contribution in [0.5, 0.6) is 0 Å². The standard InChI is InChI=1S/C20H28O5/c1-6-7-10-20(25)18(23)14(9-8-12(2)3)17(22)16(19(20)24)15(21)11-13(4)5/h6-8,13-14,16,25H,9-11H2,1-5H3. The summed E-state index contributed by atoms with van der Waals surface area (Å²) >= 11 is 0. The Kier molecular flexibility index (Phi) is 7.17. The molecule has 0 heterocycles. The maximum absolute atomic E-state index is 12.7. The molecular weight excluding hydrogens is 320 g/mol. The SMILES string of the molecule is CC=CCC1(O)C(=O)C(CC=C(C)C)C(=O)C(C(=O)CC(C)C)C1=O. The molecule has 0 aliphatic heterocycles. The van der Waals surface area contributed by atoms with Crippen molar-refractivity contribution in [3.63, 3.8) is 0 Å². The van der Waals surface area contributed by atoms with E-state index in [4.69, 9.17) is 0 Å². The number of Topliss-reactive ketones (excluding diaryl/α,β-unsaturated/α-hetero) is 4. The lowest BCUT2D eigenvalue weighted by molar-refractivity contribution is -0.166. The number of rotatable bonds is 7. The summed E-state index contributed by atoms with van der Waals surface area (Å²) < 4.78 is 0. The van der Waals surface area contributed by atoms with Crippen LogP contribution in [-0.4, -0.2) is 33.8 Å². The van der Waals surface area contributed by atoms with E-state index in [-0.39, 0.29) is 25.2 Å². The quantitative estimate of drug-likeness (QED) is 0.564. The monoisotopic (exact) mass is 348 g/mol. The zero-order chi connectivity index (χ0) is 19.4. The minimum absolute atomic E-state index is 0.0226. The molecule has 0 saturated heterocycles. The Morgan fingerprint density at radius 1 is 1.20 bits per heavy atom. The number of hydrogen-bond donors (Lipinski definition) is 1. The summed E-state index contributed by atoms with van der Waals surface area (Å²) in [5.74, 6) is -5.70. The summed E-state index contributed by atoms with van der Waals surface area (Å²) in [4.78, 5) is 50.6. The van der Waals surface area contributed by atoms with E-state index in [1.165, 1.54) is 6.08 Å². The van der Waals surface area contributed by atoms with Gasteiger partial charge in [-0.25, -0.2) is 0 Å². The van der Waals surface area contributed by atoms with Crippen molar-refractivity contribution in [1.82, 2.24) is 0 Å². The van der Waals surface area contributed by atoms with Crippen molar-refractivity contribution in [2.75, 3.05) is 0 Å². The van der Waals surface area contributed by atoms with Crippen molar-refractivity contribution >= 4 is 23.1 Å². The number of allylic oxidation sites excluding steroid dienone is 3. The maximum atomic E-state index is 12.7. The summed E-state index contributed by atoms with van der Waals surface area (Å²) in [6.07, 6.45) is 4.78. The molecule has 3 atom stereocenters. The molecule has 1 saturated carbocycles. The zero-order valence-corrected chi connectivity index (χ0v) is 15.7. The largest absolute Gasteiger partial charge is 0.374 e. The predicted molar refractivity (Wildman–Crippen MR) is 94.9 cm³/mol. The highest BCUT2D eigenvalue weighted by Gasteiger charge is 2.58. The molecule has 25 heavy (non-hydrogen) atoms. The fourth-order valence-electron chi connectivity index (χ4n) is 3.00. The molecule has 0 bridgehead atoms. The molecule has 1 fully saturated rings. The molecule has 1 rings (SSSR count). The average molecular weight is 348 g/mol. The summed E-state index contributed by atoms with van der Waals surface area (Å²) in [6.45, 7) is 8.99. The molecule has 0 aromatic carbocycles. The Bertz CT molecular complexity index is 622. The van der Waals surface area contributed by atoms with Gasteiger partial charge in [-0.3, -0.25) is 19.2 Å². The Morgan fingerprint density at radius 3 is 2.28 bits per heavy atom. The van der Waals surface area contributed by atoms with Gasteiger partial charge >= 0.3 is 0 Å². The van der Waals surface area contributed by atoms with E-state index in [1.807, 2.05) is 27.7 Å². The van der Waals surface area contributed by atoms with Gasteiger partial charge in [-0.15, -0.1) is 0 Å². The minimum atomic E-state index is -2.31. The van der Waals surface area contributed by atoms with Crippen LogP contribution in [0.15, 0.2) is 23.8 Å². The molecule has 0 amide bonds. The van der Waals surface area contributed by atoms with Crippen molar-refractivity contribution in [1.29, 1.82) is 0 Å². The average Bonchev–Trinajstić information content (AvgIpc) is 2.50. The Morgan fingerprint density at radius 2 is 1.80 bits per heavy atom. The van der Waals surface area contributed by atoms with Crippen LogP contribution < -0.4 is 0 Å². The fourth-order valence-corrected chi connectivity index (χ4v) is 3.00. The maximum Gasteiger partial charge on any atom is 0.190 e. The predicted octanol–water partition coefficient (Wildman–Crippen LogP) is 2.61. The Hall–Kier alpha value is -1.88. The molecule has 0 radical (unpaired) electrons. The first-order valence-corrected chi connectivity index (χ1v) is 8.68.